The lowest BCUT2D eigenvalue weighted by Gasteiger charge is -2.13. The number of hydrogen-bond donors (Lipinski definition) is 1. The van der Waals surface area contributed by atoms with Crippen molar-refractivity contribution in [3.05, 3.63) is 82.9 Å². The van der Waals surface area contributed by atoms with Gasteiger partial charge in [0.2, 0.25) is 0 Å². The van der Waals surface area contributed by atoms with Crippen LogP contribution >= 0.6 is 11.6 Å². The van der Waals surface area contributed by atoms with Gasteiger partial charge in [-0.1, -0.05) is 44.5 Å². The van der Waals surface area contributed by atoms with Gasteiger partial charge in [0.25, 0.3) is 5.91 Å². The van der Waals surface area contributed by atoms with Crippen LogP contribution < -0.4 is 5.32 Å². The summed E-state index contributed by atoms with van der Waals surface area (Å²) in [5, 5.41) is 12.6. The molecule has 0 aliphatic carbocycles. The second kappa shape index (κ2) is 8.00. The summed E-state index contributed by atoms with van der Waals surface area (Å²) in [5.41, 5.74) is 2.62. The first-order valence-electron chi connectivity index (χ1n) is 9.88. The van der Waals surface area contributed by atoms with E-state index in [0.717, 1.165) is 11.4 Å². The standard InChI is InChI=1S/C23H23ClN6O/c1-15-18(14-26-29(15)17-9-7-8-16(24)12-17)22(31)27-21-13-19(23(2,3)4)28-30(21)20-10-5-6-11-25-20/h5-14H,1-4H3,(H,27,31). The van der Waals surface area contributed by atoms with E-state index < -0.39 is 0 Å². The first kappa shape index (κ1) is 20.8. The second-order valence-electron chi connectivity index (χ2n) is 8.25. The highest BCUT2D eigenvalue weighted by Gasteiger charge is 2.23. The molecule has 0 radical (unpaired) electrons. The van der Waals surface area contributed by atoms with Gasteiger partial charge in [-0.25, -0.2) is 9.67 Å². The summed E-state index contributed by atoms with van der Waals surface area (Å²) < 4.78 is 3.34. The van der Waals surface area contributed by atoms with Crippen LogP contribution in [-0.4, -0.2) is 30.5 Å². The van der Waals surface area contributed by atoms with Gasteiger partial charge in [-0.05, 0) is 37.3 Å². The van der Waals surface area contributed by atoms with Gasteiger partial charge in [-0.15, -0.1) is 0 Å². The van der Waals surface area contributed by atoms with Crippen LogP contribution in [0.2, 0.25) is 5.02 Å². The maximum Gasteiger partial charge on any atom is 0.260 e. The van der Waals surface area contributed by atoms with E-state index in [1.54, 1.807) is 33.9 Å². The number of aromatic nitrogens is 5. The quantitative estimate of drug-likeness (QED) is 0.492. The van der Waals surface area contributed by atoms with Crippen molar-refractivity contribution in [1.82, 2.24) is 24.5 Å². The number of rotatable bonds is 4. The number of carbonyl (C=O) groups is 1. The third kappa shape index (κ3) is 4.22. The molecule has 0 unspecified atom stereocenters. The highest BCUT2D eigenvalue weighted by molar-refractivity contribution is 6.30. The summed E-state index contributed by atoms with van der Waals surface area (Å²) in [6, 6.07) is 14.8. The summed E-state index contributed by atoms with van der Waals surface area (Å²) in [5.74, 6) is 0.895. The van der Waals surface area contributed by atoms with Crippen molar-refractivity contribution in [3.8, 4) is 11.5 Å². The molecule has 1 aromatic carbocycles. The lowest BCUT2D eigenvalue weighted by Crippen LogP contribution is -2.16. The van der Waals surface area contributed by atoms with Crippen LogP contribution in [0.1, 0.15) is 42.5 Å². The zero-order valence-corrected chi connectivity index (χ0v) is 18.6. The van der Waals surface area contributed by atoms with E-state index in [-0.39, 0.29) is 11.3 Å². The molecule has 0 bridgehead atoms. The molecular weight excluding hydrogens is 412 g/mol. The molecule has 1 N–H and O–H groups in total. The van der Waals surface area contributed by atoms with E-state index in [2.05, 4.69) is 41.3 Å². The first-order chi connectivity index (χ1) is 14.7. The zero-order chi connectivity index (χ0) is 22.2. The molecule has 0 saturated carbocycles. The summed E-state index contributed by atoms with van der Waals surface area (Å²) in [7, 11) is 0. The average Bonchev–Trinajstić information content (AvgIpc) is 3.32. The Balaban J connectivity index is 1.69. The molecule has 1 amide bonds. The molecule has 4 rings (SSSR count). The molecule has 0 spiro atoms. The Kier molecular flexibility index (Phi) is 5.37. The fourth-order valence-electron chi connectivity index (χ4n) is 3.17. The number of amides is 1. The van der Waals surface area contributed by atoms with E-state index in [0.29, 0.717) is 27.9 Å². The van der Waals surface area contributed by atoms with Crippen LogP contribution in [0.25, 0.3) is 11.5 Å². The fourth-order valence-corrected chi connectivity index (χ4v) is 3.36. The molecule has 3 heterocycles. The number of anilines is 1. The molecule has 7 nitrogen and oxygen atoms in total. The molecule has 4 aromatic rings. The predicted octanol–water partition coefficient (Wildman–Crippen LogP) is 4.96. The Bertz CT molecular complexity index is 1240. The maximum absolute atomic E-state index is 13.1. The van der Waals surface area contributed by atoms with Gasteiger partial charge in [0.1, 0.15) is 5.82 Å². The van der Waals surface area contributed by atoms with Crippen molar-refractivity contribution in [2.24, 2.45) is 0 Å². The van der Waals surface area contributed by atoms with Crippen molar-refractivity contribution >= 4 is 23.3 Å². The van der Waals surface area contributed by atoms with Crippen LogP contribution in [0.15, 0.2) is 60.9 Å². The van der Waals surface area contributed by atoms with E-state index in [9.17, 15) is 4.79 Å². The van der Waals surface area contributed by atoms with Crippen molar-refractivity contribution in [2.75, 3.05) is 5.32 Å². The SMILES string of the molecule is Cc1c(C(=O)Nc2cc(C(C)(C)C)nn2-c2ccccn2)cnn1-c1cccc(Cl)c1. The second-order valence-corrected chi connectivity index (χ2v) is 8.69. The van der Waals surface area contributed by atoms with Crippen LogP contribution in [0, 0.1) is 6.92 Å². The molecule has 0 aliphatic heterocycles. The Labute approximate surface area is 185 Å². The highest BCUT2D eigenvalue weighted by atomic mass is 35.5. The Morgan fingerprint density at radius 2 is 1.87 bits per heavy atom. The number of carbonyl (C=O) groups excluding carboxylic acids is 1. The predicted molar refractivity (Wildman–Crippen MR) is 121 cm³/mol. The minimum Gasteiger partial charge on any atom is -0.306 e. The summed E-state index contributed by atoms with van der Waals surface area (Å²) in [6.07, 6.45) is 3.25. The maximum atomic E-state index is 13.1. The molecule has 0 atom stereocenters. The summed E-state index contributed by atoms with van der Waals surface area (Å²) in [6.45, 7) is 8.06. The zero-order valence-electron chi connectivity index (χ0n) is 17.8. The topological polar surface area (TPSA) is 77.6 Å². The van der Waals surface area contributed by atoms with Crippen LogP contribution in [0.5, 0.6) is 0 Å². The third-order valence-corrected chi connectivity index (χ3v) is 5.13. The van der Waals surface area contributed by atoms with Gasteiger partial charge >= 0.3 is 0 Å². The van der Waals surface area contributed by atoms with Crippen molar-refractivity contribution in [1.29, 1.82) is 0 Å². The average molecular weight is 435 g/mol. The number of pyridine rings is 1. The molecule has 8 heteroatoms. The number of nitrogens with zero attached hydrogens (tertiary/aromatic N) is 5. The molecule has 3 aromatic heterocycles. The first-order valence-corrected chi connectivity index (χ1v) is 10.3. The fraction of sp³-hybridized carbons (Fsp3) is 0.217. The summed E-state index contributed by atoms with van der Waals surface area (Å²) >= 11 is 6.10. The molecular formula is C23H23ClN6O. The number of nitrogens with one attached hydrogen (secondary N) is 1. The van der Waals surface area contributed by atoms with E-state index >= 15 is 0 Å². The minimum absolute atomic E-state index is 0.188. The Hall–Kier alpha value is -3.45. The van der Waals surface area contributed by atoms with Gasteiger partial charge in [0.15, 0.2) is 5.82 Å². The molecule has 0 saturated heterocycles. The third-order valence-electron chi connectivity index (χ3n) is 4.89. The van der Waals surface area contributed by atoms with E-state index in [4.69, 9.17) is 11.6 Å². The Morgan fingerprint density at radius 1 is 1.06 bits per heavy atom. The largest absolute Gasteiger partial charge is 0.306 e. The van der Waals surface area contributed by atoms with Crippen LogP contribution in [-0.2, 0) is 5.41 Å². The van der Waals surface area contributed by atoms with E-state index in [1.165, 1.54) is 0 Å². The minimum atomic E-state index is -0.275. The number of halogens is 1. The molecule has 31 heavy (non-hydrogen) atoms. The lowest BCUT2D eigenvalue weighted by molar-refractivity contribution is 0.102. The number of hydrogen-bond acceptors (Lipinski definition) is 4. The Morgan fingerprint density at radius 3 is 2.55 bits per heavy atom. The summed E-state index contributed by atoms with van der Waals surface area (Å²) in [4.78, 5) is 17.5. The monoisotopic (exact) mass is 434 g/mol. The normalized spacial score (nSPS) is 11.5. The van der Waals surface area contributed by atoms with Crippen LogP contribution in [0.3, 0.4) is 0 Å². The van der Waals surface area contributed by atoms with Gasteiger partial charge < -0.3 is 5.32 Å². The molecule has 158 valence electrons. The van der Waals surface area contributed by atoms with Gasteiger partial charge in [-0.2, -0.15) is 14.9 Å². The van der Waals surface area contributed by atoms with Gasteiger partial charge in [0.05, 0.1) is 28.8 Å². The lowest BCUT2D eigenvalue weighted by atomic mass is 9.92. The van der Waals surface area contributed by atoms with Crippen molar-refractivity contribution < 1.29 is 4.79 Å². The van der Waals surface area contributed by atoms with Crippen molar-refractivity contribution in [3.63, 3.8) is 0 Å². The molecule has 0 fully saturated rings. The van der Waals surface area contributed by atoms with E-state index in [1.807, 2.05) is 43.3 Å². The highest BCUT2D eigenvalue weighted by Crippen LogP contribution is 2.26. The van der Waals surface area contributed by atoms with Crippen LogP contribution in [0.4, 0.5) is 5.82 Å². The van der Waals surface area contributed by atoms with Crippen molar-refractivity contribution in [2.45, 2.75) is 33.1 Å². The smallest absolute Gasteiger partial charge is 0.260 e. The van der Waals surface area contributed by atoms with Gasteiger partial charge in [0, 0.05) is 22.7 Å². The molecule has 0 aliphatic rings. The van der Waals surface area contributed by atoms with Gasteiger partial charge in [-0.3, -0.25) is 4.79 Å². The number of benzene rings is 1.